The number of likely N-dealkylation sites (N-methyl/N-ethyl adjacent to an activating group) is 1. The maximum absolute atomic E-state index is 9.95. The Kier molecular flexibility index (Phi) is 7.06. The summed E-state index contributed by atoms with van der Waals surface area (Å²) in [6.07, 6.45) is 0.756. The fourth-order valence-electron chi connectivity index (χ4n) is 2.26. The average Bonchev–Trinajstić information content (AvgIpc) is 2.34. The lowest BCUT2D eigenvalue weighted by molar-refractivity contribution is 0.130. The molecule has 0 heterocycles. The van der Waals surface area contributed by atoms with Crippen LogP contribution in [-0.2, 0) is 0 Å². The zero-order chi connectivity index (χ0) is 14.3. The molecule has 3 nitrogen and oxygen atoms in total. The molecule has 0 saturated heterocycles. The summed E-state index contributed by atoms with van der Waals surface area (Å²) in [7, 11) is 3.96. The fraction of sp³-hybridized carbons (Fsp3) is 0.625. The molecular formula is C16H28N2O. The van der Waals surface area contributed by atoms with E-state index in [0.29, 0.717) is 25.0 Å². The Morgan fingerprint density at radius 1 is 1.16 bits per heavy atom. The highest BCUT2D eigenvalue weighted by Crippen LogP contribution is 2.20. The Morgan fingerprint density at radius 2 is 1.79 bits per heavy atom. The van der Waals surface area contributed by atoms with E-state index >= 15 is 0 Å². The molecule has 0 aromatic heterocycles. The van der Waals surface area contributed by atoms with Gasteiger partial charge >= 0.3 is 0 Å². The number of aliphatic hydroxyl groups excluding tert-OH is 1. The zero-order valence-corrected chi connectivity index (χ0v) is 12.6. The first-order valence-electron chi connectivity index (χ1n) is 7.10. The number of nitrogens with zero attached hydrogens (tertiary/aromatic N) is 1. The predicted molar refractivity (Wildman–Crippen MR) is 81.2 cm³/mol. The number of aliphatic hydroxyl groups is 1. The molecule has 0 bridgehead atoms. The molecule has 19 heavy (non-hydrogen) atoms. The highest BCUT2D eigenvalue weighted by Gasteiger charge is 2.14. The van der Waals surface area contributed by atoms with Crippen molar-refractivity contribution < 1.29 is 5.11 Å². The van der Waals surface area contributed by atoms with Crippen LogP contribution in [-0.4, -0.2) is 43.3 Å². The molecule has 3 heteroatoms. The summed E-state index contributed by atoms with van der Waals surface area (Å²) in [5.41, 5.74) is 1.30. The van der Waals surface area contributed by atoms with Crippen molar-refractivity contribution >= 4 is 0 Å². The van der Waals surface area contributed by atoms with Crippen molar-refractivity contribution in [3.05, 3.63) is 35.9 Å². The Labute approximate surface area is 117 Å². The topological polar surface area (TPSA) is 35.5 Å². The van der Waals surface area contributed by atoms with Crippen LogP contribution < -0.4 is 5.32 Å². The van der Waals surface area contributed by atoms with Crippen molar-refractivity contribution in [3.8, 4) is 0 Å². The summed E-state index contributed by atoms with van der Waals surface area (Å²) in [5.74, 6) is 0.628. The summed E-state index contributed by atoms with van der Waals surface area (Å²) in [5, 5.41) is 13.4. The number of nitrogens with one attached hydrogen (secondary N) is 1. The Hall–Kier alpha value is -0.900. The molecule has 2 unspecified atom stereocenters. The first kappa shape index (κ1) is 16.2. The average molecular weight is 264 g/mol. The SMILES string of the molecule is CC(C)CC(NCC(O)CN(C)C)c1ccccc1. The molecule has 1 aromatic carbocycles. The van der Waals surface area contributed by atoms with Gasteiger partial charge in [-0.2, -0.15) is 0 Å². The van der Waals surface area contributed by atoms with Gasteiger partial charge in [0, 0.05) is 19.1 Å². The maximum Gasteiger partial charge on any atom is 0.0791 e. The van der Waals surface area contributed by atoms with E-state index in [1.54, 1.807) is 0 Å². The normalized spacial score (nSPS) is 14.9. The molecule has 1 aromatic rings. The van der Waals surface area contributed by atoms with Gasteiger partial charge in [-0.3, -0.25) is 0 Å². The maximum atomic E-state index is 9.95. The van der Waals surface area contributed by atoms with Crippen LogP contribution in [0.4, 0.5) is 0 Å². The molecule has 108 valence electrons. The molecule has 0 aliphatic carbocycles. The van der Waals surface area contributed by atoms with Gasteiger partial charge in [-0.1, -0.05) is 44.2 Å². The minimum atomic E-state index is -0.326. The zero-order valence-electron chi connectivity index (χ0n) is 12.6. The third kappa shape index (κ3) is 6.71. The van der Waals surface area contributed by atoms with Crippen LogP contribution >= 0.6 is 0 Å². The van der Waals surface area contributed by atoms with Gasteiger partial charge in [0.05, 0.1) is 6.10 Å². The van der Waals surface area contributed by atoms with Crippen LogP contribution in [0.15, 0.2) is 30.3 Å². The summed E-state index contributed by atoms with van der Waals surface area (Å²) in [6.45, 7) is 5.78. The van der Waals surface area contributed by atoms with Crippen LogP contribution in [0.1, 0.15) is 31.9 Å². The lowest BCUT2D eigenvalue weighted by Gasteiger charge is -2.24. The van der Waals surface area contributed by atoms with E-state index in [1.807, 2.05) is 25.1 Å². The summed E-state index contributed by atoms with van der Waals surface area (Å²) >= 11 is 0. The number of hydrogen-bond acceptors (Lipinski definition) is 3. The lowest BCUT2D eigenvalue weighted by atomic mass is 9.97. The third-order valence-corrected chi connectivity index (χ3v) is 3.08. The van der Waals surface area contributed by atoms with Crippen LogP contribution in [0.3, 0.4) is 0 Å². The fourth-order valence-corrected chi connectivity index (χ4v) is 2.26. The molecule has 0 aliphatic heterocycles. The van der Waals surface area contributed by atoms with Gasteiger partial charge < -0.3 is 15.3 Å². The van der Waals surface area contributed by atoms with Crippen molar-refractivity contribution in [1.29, 1.82) is 0 Å². The molecule has 2 N–H and O–H groups in total. The van der Waals surface area contributed by atoms with Gasteiger partial charge in [-0.25, -0.2) is 0 Å². The number of benzene rings is 1. The van der Waals surface area contributed by atoms with E-state index in [1.165, 1.54) is 5.56 Å². The van der Waals surface area contributed by atoms with Crippen LogP contribution in [0, 0.1) is 5.92 Å². The second-order valence-corrected chi connectivity index (χ2v) is 5.92. The van der Waals surface area contributed by atoms with Crippen molar-refractivity contribution in [3.63, 3.8) is 0 Å². The van der Waals surface area contributed by atoms with Crippen molar-refractivity contribution in [2.45, 2.75) is 32.4 Å². The highest BCUT2D eigenvalue weighted by molar-refractivity contribution is 5.18. The Morgan fingerprint density at radius 3 is 2.32 bits per heavy atom. The van der Waals surface area contributed by atoms with Crippen molar-refractivity contribution in [2.75, 3.05) is 27.2 Å². The smallest absolute Gasteiger partial charge is 0.0791 e. The molecule has 0 saturated carbocycles. The van der Waals surface area contributed by atoms with E-state index in [9.17, 15) is 5.11 Å². The predicted octanol–water partition coefficient (Wildman–Crippen LogP) is 2.29. The summed E-state index contributed by atoms with van der Waals surface area (Å²) < 4.78 is 0. The van der Waals surface area contributed by atoms with E-state index in [0.717, 1.165) is 6.42 Å². The first-order valence-corrected chi connectivity index (χ1v) is 7.10. The van der Waals surface area contributed by atoms with Crippen LogP contribution in [0.2, 0.25) is 0 Å². The largest absolute Gasteiger partial charge is 0.390 e. The van der Waals surface area contributed by atoms with Gasteiger partial charge in [0.2, 0.25) is 0 Å². The Bertz CT molecular complexity index is 338. The second-order valence-electron chi connectivity index (χ2n) is 5.92. The third-order valence-electron chi connectivity index (χ3n) is 3.08. The van der Waals surface area contributed by atoms with Gasteiger partial charge in [0.25, 0.3) is 0 Å². The number of hydrogen-bond donors (Lipinski definition) is 2. The van der Waals surface area contributed by atoms with Crippen LogP contribution in [0.25, 0.3) is 0 Å². The van der Waals surface area contributed by atoms with Crippen molar-refractivity contribution in [1.82, 2.24) is 10.2 Å². The molecule has 0 aliphatic rings. The molecule has 0 radical (unpaired) electrons. The van der Waals surface area contributed by atoms with Gasteiger partial charge in [-0.15, -0.1) is 0 Å². The molecule has 0 amide bonds. The van der Waals surface area contributed by atoms with Gasteiger partial charge in [0.15, 0.2) is 0 Å². The monoisotopic (exact) mass is 264 g/mol. The first-order chi connectivity index (χ1) is 8.99. The van der Waals surface area contributed by atoms with Crippen LogP contribution in [0.5, 0.6) is 0 Å². The number of rotatable bonds is 8. The highest BCUT2D eigenvalue weighted by atomic mass is 16.3. The van der Waals surface area contributed by atoms with E-state index < -0.39 is 0 Å². The quantitative estimate of drug-likeness (QED) is 0.756. The van der Waals surface area contributed by atoms with E-state index in [2.05, 4.69) is 43.4 Å². The van der Waals surface area contributed by atoms with E-state index in [4.69, 9.17) is 0 Å². The summed E-state index contributed by atoms with van der Waals surface area (Å²) in [4.78, 5) is 2.01. The molecule has 1 rings (SSSR count). The molecule has 0 fully saturated rings. The van der Waals surface area contributed by atoms with Gasteiger partial charge in [-0.05, 0) is 32.0 Å². The van der Waals surface area contributed by atoms with Gasteiger partial charge in [0.1, 0.15) is 0 Å². The standard InChI is InChI=1S/C16H28N2O/c1-13(2)10-16(14-8-6-5-7-9-14)17-11-15(19)12-18(3)4/h5-9,13,15-17,19H,10-12H2,1-4H3. The minimum absolute atomic E-state index is 0.318. The summed E-state index contributed by atoms with van der Waals surface area (Å²) in [6, 6.07) is 10.8. The molecule has 0 spiro atoms. The minimum Gasteiger partial charge on any atom is -0.390 e. The van der Waals surface area contributed by atoms with E-state index in [-0.39, 0.29) is 6.10 Å². The van der Waals surface area contributed by atoms with Crippen molar-refractivity contribution in [2.24, 2.45) is 5.92 Å². The Balaban J connectivity index is 2.56. The molecular weight excluding hydrogens is 236 g/mol. The lowest BCUT2D eigenvalue weighted by Crippen LogP contribution is -2.37. The molecule has 2 atom stereocenters. The second kappa shape index (κ2) is 8.31.